The van der Waals surface area contributed by atoms with Crippen molar-refractivity contribution in [3.63, 3.8) is 0 Å². The zero-order valence-corrected chi connectivity index (χ0v) is 24.3. The highest BCUT2D eigenvalue weighted by Crippen LogP contribution is 2.29. The van der Waals surface area contributed by atoms with E-state index in [0.717, 1.165) is 37.3 Å². The standard InChI is InChI=1S/C32H36N6O5/c1-43-26-12-11-24-20-38(29(39)27(24)19-26)21-32(30(40)33-31(41)34-32)14-13-22-7-9-23(10-8-22)28(35-42)37-17-15-36(16-18-37)25-5-3-2-4-6-25/h7-12,19,25,42H,2-6,15-18,20-21H2,1H3,(H2,33,34,40,41)/b35-28-/t32-/m1/s1. The van der Waals surface area contributed by atoms with E-state index in [4.69, 9.17) is 4.74 Å². The van der Waals surface area contributed by atoms with Crippen molar-refractivity contribution in [2.45, 2.75) is 50.2 Å². The van der Waals surface area contributed by atoms with Gasteiger partial charge in [0.15, 0.2) is 5.84 Å². The predicted octanol–water partition coefficient (Wildman–Crippen LogP) is 2.37. The molecule has 0 aromatic heterocycles. The predicted molar refractivity (Wildman–Crippen MR) is 159 cm³/mol. The van der Waals surface area contributed by atoms with Gasteiger partial charge in [0.2, 0.25) is 5.54 Å². The molecule has 6 rings (SSSR count). The molecule has 3 fully saturated rings. The molecule has 2 aromatic carbocycles. The molecule has 1 saturated carbocycles. The number of hydrogen-bond donors (Lipinski definition) is 3. The summed E-state index contributed by atoms with van der Waals surface area (Å²) in [7, 11) is 1.53. The number of carbonyl (C=O) groups is 3. The van der Waals surface area contributed by atoms with E-state index in [9.17, 15) is 19.6 Å². The molecular formula is C32H36N6O5. The van der Waals surface area contributed by atoms with Gasteiger partial charge in [-0.2, -0.15) is 0 Å². The van der Waals surface area contributed by atoms with Crippen LogP contribution >= 0.6 is 0 Å². The van der Waals surface area contributed by atoms with Crippen molar-refractivity contribution in [1.29, 1.82) is 0 Å². The fraction of sp³-hybridized carbons (Fsp3) is 0.438. The molecule has 224 valence electrons. The number of urea groups is 1. The number of ether oxygens (including phenoxy) is 1. The molecule has 11 heteroatoms. The molecule has 3 heterocycles. The van der Waals surface area contributed by atoms with Gasteiger partial charge in [0.25, 0.3) is 11.8 Å². The molecule has 11 nitrogen and oxygen atoms in total. The first-order valence-corrected chi connectivity index (χ1v) is 14.8. The first-order chi connectivity index (χ1) is 20.9. The SMILES string of the molecule is COc1ccc2c(c1)C(=O)N(C[C@@]1(C#Cc3ccc(/C(=N/O)N4CCN(C5CCCCC5)CC4)cc3)NC(=O)NC1=O)C2. The van der Waals surface area contributed by atoms with Gasteiger partial charge in [-0.1, -0.05) is 42.3 Å². The van der Waals surface area contributed by atoms with E-state index < -0.39 is 17.5 Å². The molecule has 1 aliphatic carbocycles. The molecule has 3 N–H and O–H groups in total. The van der Waals surface area contributed by atoms with Crippen molar-refractivity contribution in [2.24, 2.45) is 5.16 Å². The van der Waals surface area contributed by atoms with Crippen LogP contribution in [0, 0.1) is 11.8 Å². The van der Waals surface area contributed by atoms with Gasteiger partial charge in [-0.25, -0.2) is 4.79 Å². The number of amidine groups is 1. The van der Waals surface area contributed by atoms with Gasteiger partial charge in [0, 0.05) is 55.5 Å². The Bertz CT molecular complexity index is 1500. The maximum absolute atomic E-state index is 13.2. The van der Waals surface area contributed by atoms with Gasteiger partial charge < -0.3 is 25.1 Å². The number of hydrogen-bond acceptors (Lipinski definition) is 7. The van der Waals surface area contributed by atoms with Crippen LogP contribution in [0.5, 0.6) is 5.75 Å². The highest BCUT2D eigenvalue weighted by atomic mass is 16.5. The molecule has 3 aliphatic heterocycles. The minimum absolute atomic E-state index is 0.111. The zero-order chi connectivity index (χ0) is 30.0. The van der Waals surface area contributed by atoms with Crippen LogP contribution in [0.1, 0.15) is 59.2 Å². The first-order valence-electron chi connectivity index (χ1n) is 14.8. The molecule has 1 atom stereocenters. The van der Waals surface area contributed by atoms with Gasteiger partial charge in [-0.05, 0) is 54.8 Å². The molecule has 0 radical (unpaired) electrons. The van der Waals surface area contributed by atoms with Gasteiger partial charge in [0.05, 0.1) is 13.7 Å². The second-order valence-electron chi connectivity index (χ2n) is 11.6. The summed E-state index contributed by atoms with van der Waals surface area (Å²) in [5, 5.41) is 18.4. The minimum Gasteiger partial charge on any atom is -0.497 e. The van der Waals surface area contributed by atoms with E-state index in [1.165, 1.54) is 44.1 Å². The molecule has 2 aromatic rings. The van der Waals surface area contributed by atoms with Crippen molar-refractivity contribution in [1.82, 2.24) is 25.3 Å². The Balaban J connectivity index is 1.15. The average molecular weight is 585 g/mol. The summed E-state index contributed by atoms with van der Waals surface area (Å²) >= 11 is 0. The van der Waals surface area contributed by atoms with Crippen LogP contribution < -0.4 is 15.4 Å². The monoisotopic (exact) mass is 584 g/mol. The Hall–Kier alpha value is -4.56. The summed E-state index contributed by atoms with van der Waals surface area (Å²) < 4.78 is 5.25. The van der Waals surface area contributed by atoms with Crippen LogP contribution in [-0.2, 0) is 11.3 Å². The summed E-state index contributed by atoms with van der Waals surface area (Å²) in [6.45, 7) is 3.65. The Labute approximate surface area is 250 Å². The third-order valence-corrected chi connectivity index (χ3v) is 8.93. The van der Waals surface area contributed by atoms with Crippen LogP contribution in [0.3, 0.4) is 0 Å². The molecule has 4 amide bonds. The Morgan fingerprint density at radius 2 is 1.79 bits per heavy atom. The summed E-state index contributed by atoms with van der Waals surface area (Å²) in [5.74, 6) is 6.17. The van der Waals surface area contributed by atoms with E-state index in [-0.39, 0.29) is 19.0 Å². The van der Waals surface area contributed by atoms with E-state index in [1.54, 1.807) is 24.3 Å². The lowest BCUT2D eigenvalue weighted by Gasteiger charge is -2.41. The third kappa shape index (κ3) is 5.75. The van der Waals surface area contributed by atoms with Crippen LogP contribution in [0.15, 0.2) is 47.6 Å². The molecule has 43 heavy (non-hydrogen) atoms. The number of rotatable bonds is 5. The van der Waals surface area contributed by atoms with Crippen molar-refractivity contribution in [3.8, 4) is 17.6 Å². The van der Waals surface area contributed by atoms with E-state index >= 15 is 0 Å². The number of imide groups is 1. The largest absolute Gasteiger partial charge is 0.497 e. The molecule has 0 unspecified atom stereocenters. The number of piperazine rings is 1. The lowest BCUT2D eigenvalue weighted by molar-refractivity contribution is -0.122. The van der Waals surface area contributed by atoms with Crippen molar-refractivity contribution < 1.29 is 24.3 Å². The number of benzene rings is 2. The van der Waals surface area contributed by atoms with Crippen molar-refractivity contribution in [2.75, 3.05) is 39.8 Å². The van der Waals surface area contributed by atoms with Crippen LogP contribution in [0.2, 0.25) is 0 Å². The van der Waals surface area contributed by atoms with Gasteiger partial charge in [-0.3, -0.25) is 19.8 Å². The second-order valence-corrected chi connectivity index (χ2v) is 11.6. The number of amides is 4. The van der Waals surface area contributed by atoms with Gasteiger partial charge in [-0.15, -0.1) is 0 Å². The quantitative estimate of drug-likeness (QED) is 0.123. The fourth-order valence-corrected chi connectivity index (χ4v) is 6.54. The summed E-state index contributed by atoms with van der Waals surface area (Å²) in [4.78, 5) is 44.5. The number of methoxy groups -OCH3 is 1. The van der Waals surface area contributed by atoms with E-state index in [0.29, 0.717) is 28.8 Å². The maximum atomic E-state index is 13.2. The lowest BCUT2D eigenvalue weighted by Crippen LogP contribution is -2.54. The highest BCUT2D eigenvalue weighted by molar-refractivity contribution is 6.10. The Morgan fingerprint density at radius 3 is 2.44 bits per heavy atom. The summed E-state index contributed by atoms with van der Waals surface area (Å²) in [6, 6.07) is 12.5. The highest BCUT2D eigenvalue weighted by Gasteiger charge is 2.48. The second kappa shape index (κ2) is 12.0. The number of fused-ring (bicyclic) bond motifs is 1. The topological polar surface area (TPSA) is 127 Å². The minimum atomic E-state index is -1.60. The number of oxime groups is 1. The summed E-state index contributed by atoms with van der Waals surface area (Å²) in [6.07, 6.45) is 6.49. The number of nitrogens with one attached hydrogen (secondary N) is 2. The Morgan fingerprint density at radius 1 is 1.05 bits per heavy atom. The number of nitrogens with zero attached hydrogens (tertiary/aromatic N) is 4. The third-order valence-electron chi connectivity index (χ3n) is 8.93. The molecule has 0 bridgehead atoms. The molecule has 4 aliphatic rings. The van der Waals surface area contributed by atoms with Gasteiger partial charge >= 0.3 is 6.03 Å². The number of carbonyl (C=O) groups excluding carboxylic acids is 3. The summed E-state index contributed by atoms with van der Waals surface area (Å²) in [5.41, 5.74) is 1.08. The van der Waals surface area contributed by atoms with Crippen LogP contribution in [0.4, 0.5) is 4.79 Å². The zero-order valence-electron chi connectivity index (χ0n) is 24.3. The van der Waals surface area contributed by atoms with Crippen molar-refractivity contribution >= 4 is 23.7 Å². The van der Waals surface area contributed by atoms with Gasteiger partial charge in [0.1, 0.15) is 5.75 Å². The lowest BCUT2D eigenvalue weighted by atomic mass is 9.94. The van der Waals surface area contributed by atoms with Crippen LogP contribution in [0.25, 0.3) is 0 Å². The molecule has 2 saturated heterocycles. The average Bonchev–Trinajstić information content (AvgIpc) is 3.50. The molecular weight excluding hydrogens is 548 g/mol. The Kier molecular flexibility index (Phi) is 7.95. The smallest absolute Gasteiger partial charge is 0.323 e. The fourth-order valence-electron chi connectivity index (χ4n) is 6.54. The normalized spacial score (nSPS) is 23.0. The maximum Gasteiger partial charge on any atom is 0.323 e. The van der Waals surface area contributed by atoms with E-state index in [2.05, 4.69) is 37.4 Å². The van der Waals surface area contributed by atoms with Crippen LogP contribution in [-0.4, -0.2) is 95.0 Å². The van der Waals surface area contributed by atoms with Crippen molar-refractivity contribution in [3.05, 3.63) is 64.7 Å². The van der Waals surface area contributed by atoms with E-state index in [1.807, 2.05) is 18.2 Å². The molecule has 0 spiro atoms. The first kappa shape index (κ1) is 28.6.